The lowest BCUT2D eigenvalue weighted by atomic mass is 10.1. The summed E-state index contributed by atoms with van der Waals surface area (Å²) in [6.07, 6.45) is 3.95. The van der Waals surface area contributed by atoms with Crippen molar-refractivity contribution < 1.29 is 14.6 Å². The van der Waals surface area contributed by atoms with Gasteiger partial charge in [0.25, 0.3) is 0 Å². The average molecular weight is 282 g/mol. The predicted molar refractivity (Wildman–Crippen MR) is 83.3 cm³/mol. The molecule has 2 aromatic carbocycles. The zero-order chi connectivity index (χ0) is 15.1. The number of allylic oxidation sites excluding steroid dienone is 1. The van der Waals surface area contributed by atoms with E-state index in [1.54, 1.807) is 0 Å². The summed E-state index contributed by atoms with van der Waals surface area (Å²) in [5.41, 5.74) is 2.69. The van der Waals surface area contributed by atoms with Gasteiger partial charge in [-0.15, -0.1) is 0 Å². The molecule has 0 fully saturated rings. The van der Waals surface area contributed by atoms with Gasteiger partial charge >= 0.3 is 5.97 Å². The quantitative estimate of drug-likeness (QED) is 0.873. The Morgan fingerprint density at radius 1 is 1.10 bits per heavy atom. The number of hydrogen-bond acceptors (Lipinski definition) is 2. The highest BCUT2D eigenvalue weighted by atomic mass is 16.5. The first kappa shape index (κ1) is 14.9. The molecule has 0 aliphatic carbocycles. The Hall–Kier alpha value is -2.55. The topological polar surface area (TPSA) is 46.5 Å². The zero-order valence-electron chi connectivity index (χ0n) is 12.0. The van der Waals surface area contributed by atoms with Crippen LogP contribution in [0.1, 0.15) is 23.6 Å². The summed E-state index contributed by atoms with van der Waals surface area (Å²) in [6.45, 7) is 2.32. The number of aliphatic carboxylic acids is 1. The maximum atomic E-state index is 10.9. The highest BCUT2D eigenvalue weighted by molar-refractivity contribution is 5.70. The zero-order valence-corrected chi connectivity index (χ0v) is 12.0. The molecular formula is C18H18O3. The van der Waals surface area contributed by atoms with Crippen LogP contribution in [0, 0.1) is 0 Å². The Kier molecular flexibility index (Phi) is 5.16. The highest BCUT2D eigenvalue weighted by Crippen LogP contribution is 2.21. The van der Waals surface area contributed by atoms with Crippen LogP contribution in [0.5, 0.6) is 5.75 Å². The summed E-state index contributed by atoms with van der Waals surface area (Å²) in [4.78, 5) is 10.9. The number of carbonyl (C=O) groups is 1. The summed E-state index contributed by atoms with van der Waals surface area (Å²) in [6, 6.07) is 15.2. The molecule has 1 N–H and O–H groups in total. The largest absolute Gasteiger partial charge is 0.488 e. The van der Waals surface area contributed by atoms with Gasteiger partial charge in [-0.2, -0.15) is 0 Å². The van der Waals surface area contributed by atoms with E-state index in [1.807, 2.05) is 67.6 Å². The van der Waals surface area contributed by atoms with Crippen molar-refractivity contribution in [3.05, 3.63) is 71.3 Å². The highest BCUT2D eigenvalue weighted by Gasteiger charge is 2.07. The fraction of sp³-hybridized carbons (Fsp3) is 0.167. The van der Waals surface area contributed by atoms with Gasteiger partial charge in [0.05, 0.1) is 6.42 Å². The number of rotatable bonds is 6. The van der Waals surface area contributed by atoms with Crippen molar-refractivity contribution in [1.29, 1.82) is 0 Å². The van der Waals surface area contributed by atoms with Crippen molar-refractivity contribution in [2.45, 2.75) is 20.0 Å². The summed E-state index contributed by atoms with van der Waals surface area (Å²) < 4.78 is 5.85. The van der Waals surface area contributed by atoms with E-state index in [1.165, 1.54) is 0 Å². The molecule has 2 rings (SSSR count). The van der Waals surface area contributed by atoms with Crippen LogP contribution in [-0.2, 0) is 17.8 Å². The van der Waals surface area contributed by atoms with Gasteiger partial charge in [-0.3, -0.25) is 4.79 Å². The van der Waals surface area contributed by atoms with Gasteiger partial charge < -0.3 is 9.84 Å². The molecule has 0 saturated carbocycles. The van der Waals surface area contributed by atoms with Crippen molar-refractivity contribution in [2.75, 3.05) is 0 Å². The van der Waals surface area contributed by atoms with Crippen molar-refractivity contribution in [3.63, 3.8) is 0 Å². The molecule has 0 spiro atoms. The molecule has 0 bridgehead atoms. The molecule has 0 aromatic heterocycles. The molecule has 0 atom stereocenters. The lowest BCUT2D eigenvalue weighted by Gasteiger charge is -2.12. The van der Waals surface area contributed by atoms with Crippen LogP contribution < -0.4 is 4.74 Å². The van der Waals surface area contributed by atoms with Gasteiger partial charge in [0.2, 0.25) is 0 Å². The van der Waals surface area contributed by atoms with Crippen molar-refractivity contribution in [3.8, 4) is 5.75 Å². The van der Waals surface area contributed by atoms with Crippen LogP contribution in [0.25, 0.3) is 6.08 Å². The Balaban J connectivity index is 2.15. The van der Waals surface area contributed by atoms with Crippen LogP contribution >= 0.6 is 0 Å². The SMILES string of the molecule is C/C=C/c1ccccc1OCc1ccccc1CC(=O)O. The smallest absolute Gasteiger partial charge is 0.307 e. The second-order valence-electron chi connectivity index (χ2n) is 4.67. The van der Waals surface area contributed by atoms with Crippen molar-refractivity contribution >= 4 is 12.0 Å². The lowest BCUT2D eigenvalue weighted by Crippen LogP contribution is -2.06. The van der Waals surface area contributed by atoms with E-state index in [-0.39, 0.29) is 6.42 Å². The van der Waals surface area contributed by atoms with E-state index in [9.17, 15) is 4.79 Å². The Morgan fingerprint density at radius 2 is 1.76 bits per heavy atom. The van der Waals surface area contributed by atoms with Crippen LogP contribution in [0.4, 0.5) is 0 Å². The first-order chi connectivity index (χ1) is 10.2. The van der Waals surface area contributed by atoms with Crippen molar-refractivity contribution in [1.82, 2.24) is 0 Å². The molecule has 2 aromatic rings. The second kappa shape index (κ2) is 7.29. The average Bonchev–Trinajstić information content (AvgIpc) is 2.47. The third-order valence-corrected chi connectivity index (χ3v) is 3.11. The number of benzene rings is 2. The first-order valence-electron chi connectivity index (χ1n) is 6.84. The molecule has 0 unspecified atom stereocenters. The normalized spacial score (nSPS) is 10.7. The lowest BCUT2D eigenvalue weighted by molar-refractivity contribution is -0.136. The van der Waals surface area contributed by atoms with Gasteiger partial charge in [-0.1, -0.05) is 54.6 Å². The number of para-hydroxylation sites is 1. The molecular weight excluding hydrogens is 264 g/mol. The molecule has 3 nitrogen and oxygen atoms in total. The van der Waals surface area contributed by atoms with Gasteiger partial charge in [0, 0.05) is 5.56 Å². The minimum absolute atomic E-state index is 0.00996. The Labute approximate surface area is 124 Å². The van der Waals surface area contributed by atoms with E-state index in [0.717, 1.165) is 22.4 Å². The Bertz CT molecular complexity index is 644. The molecule has 0 saturated heterocycles. The minimum Gasteiger partial charge on any atom is -0.488 e. The summed E-state index contributed by atoms with van der Waals surface area (Å²) in [5.74, 6) is -0.0440. The molecule has 0 aliphatic rings. The van der Waals surface area contributed by atoms with E-state index in [2.05, 4.69) is 0 Å². The third kappa shape index (κ3) is 4.21. The molecule has 0 amide bonds. The van der Waals surface area contributed by atoms with Gasteiger partial charge in [-0.25, -0.2) is 0 Å². The van der Waals surface area contributed by atoms with Crippen LogP contribution in [0.15, 0.2) is 54.6 Å². The molecule has 3 heteroatoms. The van der Waals surface area contributed by atoms with Gasteiger partial charge in [-0.05, 0) is 24.1 Å². The number of carboxylic acids is 1. The maximum absolute atomic E-state index is 10.9. The second-order valence-corrected chi connectivity index (χ2v) is 4.67. The monoisotopic (exact) mass is 282 g/mol. The molecule has 108 valence electrons. The van der Waals surface area contributed by atoms with Gasteiger partial charge in [0.15, 0.2) is 0 Å². The summed E-state index contributed by atoms with van der Waals surface area (Å²) >= 11 is 0. The predicted octanol–water partition coefficient (Wildman–Crippen LogP) is 3.93. The fourth-order valence-corrected chi connectivity index (χ4v) is 2.12. The van der Waals surface area contributed by atoms with E-state index >= 15 is 0 Å². The fourth-order valence-electron chi connectivity index (χ4n) is 2.12. The number of hydrogen-bond donors (Lipinski definition) is 1. The standard InChI is InChI=1S/C18H18O3/c1-2-7-14-8-5-6-11-17(14)21-13-16-10-4-3-9-15(16)12-18(19)20/h2-11H,12-13H2,1H3,(H,19,20)/b7-2+. The summed E-state index contributed by atoms with van der Waals surface area (Å²) in [5, 5.41) is 8.94. The number of ether oxygens (including phenoxy) is 1. The third-order valence-electron chi connectivity index (χ3n) is 3.11. The molecule has 0 radical (unpaired) electrons. The van der Waals surface area contributed by atoms with Crippen molar-refractivity contribution in [2.24, 2.45) is 0 Å². The minimum atomic E-state index is -0.836. The molecule has 0 heterocycles. The number of carboxylic acid groups (broad SMARTS) is 1. The van der Waals surface area contributed by atoms with E-state index < -0.39 is 5.97 Å². The molecule has 0 aliphatic heterocycles. The van der Waals surface area contributed by atoms with E-state index in [0.29, 0.717) is 6.61 Å². The van der Waals surface area contributed by atoms with Crippen LogP contribution in [0.2, 0.25) is 0 Å². The maximum Gasteiger partial charge on any atom is 0.307 e. The Morgan fingerprint density at radius 3 is 2.48 bits per heavy atom. The first-order valence-corrected chi connectivity index (χ1v) is 6.84. The molecule has 21 heavy (non-hydrogen) atoms. The van der Waals surface area contributed by atoms with Crippen LogP contribution in [-0.4, -0.2) is 11.1 Å². The summed E-state index contributed by atoms with van der Waals surface area (Å²) in [7, 11) is 0. The van der Waals surface area contributed by atoms with Crippen LogP contribution in [0.3, 0.4) is 0 Å². The van der Waals surface area contributed by atoms with Gasteiger partial charge in [0.1, 0.15) is 12.4 Å². The van der Waals surface area contributed by atoms with E-state index in [4.69, 9.17) is 9.84 Å².